The highest BCUT2D eigenvalue weighted by Gasteiger charge is 2.13. The molecular formula is C13H17N. The molecule has 0 aliphatic heterocycles. The average Bonchev–Trinajstić information content (AvgIpc) is 2.19. The second-order valence-corrected chi connectivity index (χ2v) is 3.72. The van der Waals surface area contributed by atoms with Crippen molar-refractivity contribution in [2.45, 2.75) is 19.9 Å². The third kappa shape index (κ3) is 2.90. The fourth-order valence-electron chi connectivity index (χ4n) is 1.57. The molecule has 1 aromatic carbocycles. The topological polar surface area (TPSA) is 12.0 Å². The van der Waals surface area contributed by atoms with Gasteiger partial charge < -0.3 is 0 Å². The molecule has 0 fully saturated rings. The smallest absolute Gasteiger partial charge is 0.0578 e. The monoisotopic (exact) mass is 187 g/mol. The van der Waals surface area contributed by atoms with Gasteiger partial charge in [0.1, 0.15) is 0 Å². The molecular weight excluding hydrogens is 170 g/mol. The molecule has 0 amide bonds. The zero-order valence-corrected chi connectivity index (χ0v) is 8.83. The molecule has 0 bridgehead atoms. The van der Waals surface area contributed by atoms with Gasteiger partial charge in [-0.05, 0) is 11.5 Å². The van der Waals surface area contributed by atoms with Gasteiger partial charge in [-0.3, -0.25) is 5.32 Å². The fourth-order valence-corrected chi connectivity index (χ4v) is 1.57. The Morgan fingerprint density at radius 3 is 2.43 bits per heavy atom. The third-order valence-electron chi connectivity index (χ3n) is 2.25. The fraction of sp³-hybridized carbons (Fsp3) is 0.385. The Labute approximate surface area is 86.5 Å². The minimum atomic E-state index is 0.354. The summed E-state index contributed by atoms with van der Waals surface area (Å²) in [6.45, 7) is 5.01. The number of rotatable bonds is 4. The normalized spacial score (nSPS) is 12.4. The van der Waals surface area contributed by atoms with Crippen LogP contribution in [-0.2, 0) is 0 Å². The quantitative estimate of drug-likeness (QED) is 0.714. The number of terminal acetylenes is 1. The van der Waals surface area contributed by atoms with Crippen molar-refractivity contribution in [2.75, 3.05) is 6.54 Å². The van der Waals surface area contributed by atoms with Crippen molar-refractivity contribution in [3.63, 3.8) is 0 Å². The molecule has 1 nitrogen and oxygen atoms in total. The van der Waals surface area contributed by atoms with E-state index in [0.29, 0.717) is 18.5 Å². The maximum atomic E-state index is 5.24. The molecule has 1 aromatic rings. The summed E-state index contributed by atoms with van der Waals surface area (Å²) in [6.07, 6.45) is 5.24. The van der Waals surface area contributed by atoms with Crippen LogP contribution < -0.4 is 5.32 Å². The summed E-state index contributed by atoms with van der Waals surface area (Å²) in [5.41, 5.74) is 1.30. The van der Waals surface area contributed by atoms with Gasteiger partial charge in [-0.2, -0.15) is 0 Å². The van der Waals surface area contributed by atoms with Crippen LogP contribution in [0.2, 0.25) is 0 Å². The molecule has 0 saturated heterocycles. The lowest BCUT2D eigenvalue weighted by molar-refractivity contribution is 0.431. The first-order chi connectivity index (χ1) is 6.75. The van der Waals surface area contributed by atoms with E-state index in [2.05, 4.69) is 49.4 Å². The molecule has 0 aromatic heterocycles. The second-order valence-electron chi connectivity index (χ2n) is 3.72. The van der Waals surface area contributed by atoms with E-state index in [9.17, 15) is 0 Å². The van der Waals surface area contributed by atoms with Gasteiger partial charge >= 0.3 is 0 Å². The summed E-state index contributed by atoms with van der Waals surface area (Å²) < 4.78 is 0. The molecule has 74 valence electrons. The van der Waals surface area contributed by atoms with Crippen LogP contribution >= 0.6 is 0 Å². The molecule has 0 spiro atoms. The minimum absolute atomic E-state index is 0.354. The van der Waals surface area contributed by atoms with E-state index in [1.54, 1.807) is 0 Å². The minimum Gasteiger partial charge on any atom is -0.299 e. The van der Waals surface area contributed by atoms with Gasteiger partial charge in [0.15, 0.2) is 0 Å². The first-order valence-corrected chi connectivity index (χ1v) is 4.97. The average molecular weight is 187 g/mol. The highest BCUT2D eigenvalue weighted by molar-refractivity contribution is 5.19. The van der Waals surface area contributed by atoms with Crippen LogP contribution in [0.25, 0.3) is 0 Å². The van der Waals surface area contributed by atoms with Crippen molar-refractivity contribution < 1.29 is 0 Å². The third-order valence-corrected chi connectivity index (χ3v) is 2.25. The Bertz CT molecular complexity index is 295. The van der Waals surface area contributed by atoms with Crippen LogP contribution in [0.4, 0.5) is 0 Å². The summed E-state index contributed by atoms with van der Waals surface area (Å²) in [6, 6.07) is 10.8. The van der Waals surface area contributed by atoms with Crippen molar-refractivity contribution in [2.24, 2.45) is 5.92 Å². The largest absolute Gasteiger partial charge is 0.299 e. The summed E-state index contributed by atoms with van der Waals surface area (Å²) >= 11 is 0. The summed E-state index contributed by atoms with van der Waals surface area (Å²) in [5, 5.41) is 3.35. The maximum Gasteiger partial charge on any atom is 0.0578 e. The molecule has 1 heteroatoms. The SMILES string of the molecule is C#CCNC(c1ccccc1)C(C)C. The molecule has 1 N–H and O–H groups in total. The first kappa shape index (κ1) is 10.8. The van der Waals surface area contributed by atoms with Crippen LogP contribution in [0, 0.1) is 18.3 Å². The van der Waals surface area contributed by atoms with Crippen LogP contribution in [-0.4, -0.2) is 6.54 Å². The maximum absolute atomic E-state index is 5.24. The van der Waals surface area contributed by atoms with Crippen molar-refractivity contribution >= 4 is 0 Å². The number of benzene rings is 1. The number of nitrogens with one attached hydrogen (secondary N) is 1. The van der Waals surface area contributed by atoms with Crippen LogP contribution in [0.3, 0.4) is 0 Å². The molecule has 0 radical (unpaired) electrons. The second kappa shape index (κ2) is 5.47. The molecule has 0 saturated carbocycles. The molecule has 0 heterocycles. The van der Waals surface area contributed by atoms with E-state index >= 15 is 0 Å². The number of hydrogen-bond donors (Lipinski definition) is 1. The van der Waals surface area contributed by atoms with Gasteiger partial charge in [-0.15, -0.1) is 6.42 Å². The molecule has 1 unspecified atom stereocenters. The van der Waals surface area contributed by atoms with Crippen LogP contribution in [0.1, 0.15) is 25.5 Å². The zero-order chi connectivity index (χ0) is 10.4. The summed E-state index contributed by atoms with van der Waals surface area (Å²) in [5.74, 6) is 3.16. The van der Waals surface area contributed by atoms with Gasteiger partial charge in [0.2, 0.25) is 0 Å². The molecule has 14 heavy (non-hydrogen) atoms. The lowest BCUT2D eigenvalue weighted by atomic mass is 9.96. The van der Waals surface area contributed by atoms with Crippen LogP contribution in [0.15, 0.2) is 30.3 Å². The van der Waals surface area contributed by atoms with Gasteiger partial charge in [0.05, 0.1) is 6.54 Å². The predicted octanol–water partition coefficient (Wildman–Crippen LogP) is 2.61. The van der Waals surface area contributed by atoms with Gasteiger partial charge in [0.25, 0.3) is 0 Å². The summed E-state index contributed by atoms with van der Waals surface area (Å²) in [4.78, 5) is 0. The van der Waals surface area contributed by atoms with E-state index in [-0.39, 0.29) is 0 Å². The molecule has 1 atom stereocenters. The lowest BCUT2D eigenvalue weighted by Gasteiger charge is -2.21. The zero-order valence-electron chi connectivity index (χ0n) is 8.83. The first-order valence-electron chi connectivity index (χ1n) is 4.97. The standard InChI is InChI=1S/C13H17N/c1-4-10-14-13(11(2)3)12-8-6-5-7-9-12/h1,5-9,11,13-14H,10H2,2-3H3. The van der Waals surface area contributed by atoms with Gasteiger partial charge in [0, 0.05) is 6.04 Å². The number of hydrogen-bond acceptors (Lipinski definition) is 1. The predicted molar refractivity (Wildman–Crippen MR) is 60.9 cm³/mol. The molecule has 0 aliphatic carbocycles. The van der Waals surface area contributed by atoms with Gasteiger partial charge in [-0.1, -0.05) is 50.1 Å². The Hall–Kier alpha value is -1.26. The van der Waals surface area contributed by atoms with Crippen molar-refractivity contribution in [3.8, 4) is 12.3 Å². The molecule has 1 rings (SSSR count). The lowest BCUT2D eigenvalue weighted by Crippen LogP contribution is -2.25. The van der Waals surface area contributed by atoms with Crippen molar-refractivity contribution in [3.05, 3.63) is 35.9 Å². The van der Waals surface area contributed by atoms with Crippen molar-refractivity contribution in [1.29, 1.82) is 0 Å². The summed E-state index contributed by atoms with van der Waals surface area (Å²) in [7, 11) is 0. The van der Waals surface area contributed by atoms with E-state index in [4.69, 9.17) is 6.42 Å². The highest BCUT2D eigenvalue weighted by Crippen LogP contribution is 2.20. The van der Waals surface area contributed by atoms with E-state index in [1.165, 1.54) is 5.56 Å². The van der Waals surface area contributed by atoms with Crippen LogP contribution in [0.5, 0.6) is 0 Å². The Balaban J connectivity index is 2.74. The van der Waals surface area contributed by atoms with E-state index in [0.717, 1.165) is 0 Å². The van der Waals surface area contributed by atoms with Gasteiger partial charge in [-0.25, -0.2) is 0 Å². The highest BCUT2D eigenvalue weighted by atomic mass is 14.9. The van der Waals surface area contributed by atoms with E-state index < -0.39 is 0 Å². The molecule has 0 aliphatic rings. The Morgan fingerprint density at radius 1 is 1.29 bits per heavy atom. The van der Waals surface area contributed by atoms with Crippen molar-refractivity contribution in [1.82, 2.24) is 5.32 Å². The Kier molecular flexibility index (Phi) is 4.22. The Morgan fingerprint density at radius 2 is 1.93 bits per heavy atom. The van der Waals surface area contributed by atoms with E-state index in [1.807, 2.05) is 6.07 Å².